The summed E-state index contributed by atoms with van der Waals surface area (Å²) >= 11 is 1.33. The molecule has 0 saturated carbocycles. The highest BCUT2D eigenvalue weighted by Crippen LogP contribution is 2.54. The summed E-state index contributed by atoms with van der Waals surface area (Å²) in [4.78, 5) is 11.7. The molecule has 0 aliphatic carbocycles. The summed E-state index contributed by atoms with van der Waals surface area (Å²) < 4.78 is 10.4. The number of hydrazone groups is 2. The first kappa shape index (κ1) is 22.0. The third-order valence-corrected chi connectivity index (χ3v) is 7.12. The van der Waals surface area contributed by atoms with Crippen molar-refractivity contribution in [2.45, 2.75) is 18.3 Å². The fourth-order valence-electron chi connectivity index (χ4n) is 4.22. The topological polar surface area (TPSA) is 66.7 Å². The van der Waals surface area contributed by atoms with Crippen LogP contribution in [0.2, 0.25) is 0 Å². The largest absolute Gasteiger partial charge is 0.497 e. The van der Waals surface area contributed by atoms with Crippen LogP contribution in [-0.2, 0) is 14.5 Å². The maximum Gasteiger partial charge on any atom is 0.365 e. The van der Waals surface area contributed by atoms with E-state index < -0.39 is 11.0 Å². The highest BCUT2D eigenvalue weighted by Gasteiger charge is 2.56. The highest BCUT2D eigenvalue weighted by atomic mass is 32.2. The first-order chi connectivity index (χ1) is 16.6. The van der Waals surface area contributed by atoms with Crippen LogP contribution in [-0.4, -0.2) is 30.9 Å². The smallest absolute Gasteiger partial charge is 0.365 e. The number of hydrogen-bond acceptors (Lipinski definition) is 8. The molecule has 34 heavy (non-hydrogen) atoms. The summed E-state index contributed by atoms with van der Waals surface area (Å²) in [6.07, 6.45) is 0.758. The number of para-hydroxylation sites is 1. The van der Waals surface area contributed by atoms with Crippen LogP contribution in [0.15, 0.2) is 89.1 Å². The van der Waals surface area contributed by atoms with Gasteiger partial charge in [0, 0.05) is 11.1 Å². The zero-order valence-electron chi connectivity index (χ0n) is 19.1. The molecule has 0 amide bonds. The number of benzene rings is 3. The summed E-state index contributed by atoms with van der Waals surface area (Å²) in [6, 6.07) is 25.7. The van der Waals surface area contributed by atoms with Crippen molar-refractivity contribution in [2.24, 2.45) is 10.2 Å². The van der Waals surface area contributed by atoms with E-state index >= 15 is 0 Å². The Labute approximate surface area is 202 Å². The van der Waals surface area contributed by atoms with Gasteiger partial charge in [-0.1, -0.05) is 49.4 Å². The van der Waals surface area contributed by atoms with E-state index in [2.05, 4.69) is 19.1 Å². The number of anilines is 2. The molecule has 172 valence electrons. The van der Waals surface area contributed by atoms with Crippen LogP contribution in [0.1, 0.15) is 24.5 Å². The second-order valence-electron chi connectivity index (χ2n) is 7.71. The van der Waals surface area contributed by atoms with Crippen LogP contribution in [0, 0.1) is 0 Å². The highest BCUT2D eigenvalue weighted by molar-refractivity contribution is 8.16. The first-order valence-corrected chi connectivity index (χ1v) is 11.8. The Kier molecular flexibility index (Phi) is 5.75. The van der Waals surface area contributed by atoms with Gasteiger partial charge in [0.1, 0.15) is 5.75 Å². The lowest BCUT2D eigenvalue weighted by Gasteiger charge is -2.47. The Morgan fingerprint density at radius 3 is 2.21 bits per heavy atom. The van der Waals surface area contributed by atoms with Crippen molar-refractivity contribution in [3.05, 3.63) is 90.0 Å². The minimum Gasteiger partial charge on any atom is -0.497 e. The molecule has 0 fully saturated rings. The van der Waals surface area contributed by atoms with Gasteiger partial charge < -0.3 is 9.47 Å². The SMILES string of the molecule is CCC1=NN(c2ccccc2)[C@@]2(SC(C(=O)OC)=NN2c2ccc(OC)cc2)c2ccccc21. The standard InChI is InChI=1S/C26H24N4O3S/c1-4-23-21-12-8-9-13-22(21)26(29(27-23)18-10-6-5-7-11-18)30(28-24(34-26)25(31)33-3)19-14-16-20(32-2)17-15-19/h5-17H,4H2,1-3H3/t26-/m0/s1. The number of fused-ring (bicyclic) bond motifs is 2. The molecule has 0 bridgehead atoms. The van der Waals surface area contributed by atoms with Crippen molar-refractivity contribution in [2.75, 3.05) is 24.2 Å². The Morgan fingerprint density at radius 2 is 1.53 bits per heavy atom. The number of carbonyl (C=O) groups is 1. The Balaban J connectivity index is 1.79. The zero-order chi connectivity index (χ0) is 23.7. The van der Waals surface area contributed by atoms with Gasteiger partial charge in [-0.25, -0.2) is 14.8 Å². The van der Waals surface area contributed by atoms with Crippen molar-refractivity contribution in [1.29, 1.82) is 0 Å². The summed E-state index contributed by atoms with van der Waals surface area (Å²) in [6.45, 7) is 2.09. The number of nitrogens with zero attached hydrogens (tertiary/aromatic N) is 4. The lowest BCUT2D eigenvalue weighted by atomic mass is 9.96. The second-order valence-corrected chi connectivity index (χ2v) is 8.87. The van der Waals surface area contributed by atoms with Crippen molar-refractivity contribution >= 4 is 39.9 Å². The van der Waals surface area contributed by atoms with E-state index in [1.165, 1.54) is 18.9 Å². The fourth-order valence-corrected chi connectivity index (χ4v) is 5.54. The molecule has 2 heterocycles. The van der Waals surface area contributed by atoms with Gasteiger partial charge in [0.2, 0.25) is 10.0 Å². The van der Waals surface area contributed by atoms with Gasteiger partial charge in [0.25, 0.3) is 0 Å². The molecule has 0 unspecified atom stereocenters. The number of hydrogen-bond donors (Lipinski definition) is 0. The molecule has 2 aliphatic heterocycles. The average molecular weight is 473 g/mol. The zero-order valence-corrected chi connectivity index (χ0v) is 20.0. The quantitative estimate of drug-likeness (QED) is 0.477. The lowest BCUT2D eigenvalue weighted by Crippen LogP contribution is -2.53. The number of methoxy groups -OCH3 is 2. The molecule has 3 aromatic carbocycles. The van der Waals surface area contributed by atoms with Crippen molar-refractivity contribution in [3.8, 4) is 5.75 Å². The predicted octanol–water partition coefficient (Wildman–Crippen LogP) is 5.18. The van der Waals surface area contributed by atoms with Gasteiger partial charge in [-0.3, -0.25) is 0 Å². The molecular formula is C26H24N4O3S. The van der Waals surface area contributed by atoms with Crippen LogP contribution in [0.3, 0.4) is 0 Å². The Hall–Kier alpha value is -3.78. The molecule has 5 rings (SSSR count). The summed E-state index contributed by atoms with van der Waals surface area (Å²) in [5.41, 5.74) is 4.67. The van der Waals surface area contributed by atoms with E-state index in [1.807, 2.05) is 76.7 Å². The minimum absolute atomic E-state index is 0.254. The molecule has 0 radical (unpaired) electrons. The number of esters is 1. The maximum atomic E-state index is 12.7. The molecule has 7 nitrogen and oxygen atoms in total. The normalized spacial score (nSPS) is 18.9. The van der Waals surface area contributed by atoms with Gasteiger partial charge in [-0.2, -0.15) is 10.2 Å². The summed E-state index contributed by atoms with van der Waals surface area (Å²) in [7, 11) is 3.00. The number of carbonyl (C=O) groups excluding carboxylic acids is 1. The summed E-state index contributed by atoms with van der Waals surface area (Å²) in [5, 5.41) is 14.0. The molecule has 1 spiro atoms. The second kappa shape index (κ2) is 8.87. The fraction of sp³-hybridized carbons (Fsp3) is 0.192. The molecule has 2 aliphatic rings. The van der Waals surface area contributed by atoms with Gasteiger partial charge in [0.15, 0.2) is 0 Å². The molecule has 0 saturated heterocycles. The monoisotopic (exact) mass is 472 g/mol. The van der Waals surface area contributed by atoms with Gasteiger partial charge >= 0.3 is 5.97 Å². The van der Waals surface area contributed by atoms with E-state index in [0.29, 0.717) is 0 Å². The van der Waals surface area contributed by atoms with E-state index in [-0.39, 0.29) is 5.04 Å². The van der Waals surface area contributed by atoms with Crippen LogP contribution >= 0.6 is 11.8 Å². The van der Waals surface area contributed by atoms with Crippen molar-refractivity contribution in [1.82, 2.24) is 0 Å². The van der Waals surface area contributed by atoms with Gasteiger partial charge in [-0.05, 0) is 54.6 Å². The molecule has 3 aromatic rings. The molecule has 0 N–H and O–H groups in total. The van der Waals surface area contributed by atoms with Crippen molar-refractivity contribution < 1.29 is 14.3 Å². The van der Waals surface area contributed by atoms with E-state index in [4.69, 9.17) is 19.7 Å². The molecule has 8 heteroatoms. The molecular weight excluding hydrogens is 448 g/mol. The van der Waals surface area contributed by atoms with Crippen LogP contribution in [0.4, 0.5) is 11.4 Å². The maximum absolute atomic E-state index is 12.7. The predicted molar refractivity (Wildman–Crippen MR) is 136 cm³/mol. The third-order valence-electron chi connectivity index (χ3n) is 5.83. The lowest BCUT2D eigenvalue weighted by molar-refractivity contribution is -0.132. The number of rotatable bonds is 5. The number of ether oxygens (including phenoxy) is 2. The first-order valence-electron chi connectivity index (χ1n) is 10.9. The average Bonchev–Trinajstić information content (AvgIpc) is 3.30. The molecule has 1 atom stereocenters. The number of thioether (sulfide) groups is 1. The van der Waals surface area contributed by atoms with E-state index in [1.54, 1.807) is 7.11 Å². The van der Waals surface area contributed by atoms with Crippen LogP contribution < -0.4 is 14.8 Å². The van der Waals surface area contributed by atoms with E-state index in [9.17, 15) is 4.79 Å². The third kappa shape index (κ3) is 3.42. The summed E-state index contributed by atoms with van der Waals surface area (Å²) in [5.74, 6) is 0.244. The van der Waals surface area contributed by atoms with Gasteiger partial charge in [-0.15, -0.1) is 0 Å². The Morgan fingerprint density at radius 1 is 0.882 bits per heavy atom. The van der Waals surface area contributed by atoms with Crippen molar-refractivity contribution in [3.63, 3.8) is 0 Å². The van der Waals surface area contributed by atoms with Crippen LogP contribution in [0.25, 0.3) is 0 Å². The van der Waals surface area contributed by atoms with Gasteiger partial charge in [0.05, 0.1) is 31.3 Å². The minimum atomic E-state index is -0.977. The molecule has 0 aromatic heterocycles. The van der Waals surface area contributed by atoms with E-state index in [0.717, 1.165) is 40.4 Å². The Bertz CT molecular complexity index is 1280. The van der Waals surface area contributed by atoms with Crippen LogP contribution in [0.5, 0.6) is 5.75 Å².